The van der Waals surface area contributed by atoms with Crippen LogP contribution >= 0.6 is 0 Å². The molecule has 4 nitrogen and oxygen atoms in total. The molecule has 0 amide bonds. The van der Waals surface area contributed by atoms with E-state index >= 15 is 0 Å². The highest BCUT2D eigenvalue weighted by atomic mass is 16.5. The van der Waals surface area contributed by atoms with Crippen molar-refractivity contribution in [3.05, 3.63) is 0 Å². The van der Waals surface area contributed by atoms with Crippen molar-refractivity contribution in [3.8, 4) is 0 Å². The van der Waals surface area contributed by atoms with Gasteiger partial charge in [-0.05, 0) is 19.3 Å². The van der Waals surface area contributed by atoms with Gasteiger partial charge in [-0.2, -0.15) is 0 Å². The first-order valence-electron chi connectivity index (χ1n) is 3.98. The Balaban J connectivity index is 2.04. The summed E-state index contributed by atoms with van der Waals surface area (Å²) in [5, 5.41) is 7.30. The highest BCUT2D eigenvalue weighted by Gasteiger charge is 2.73. The van der Waals surface area contributed by atoms with E-state index in [4.69, 9.17) is 11.1 Å². The van der Waals surface area contributed by atoms with Crippen LogP contribution in [0.15, 0.2) is 0 Å². The predicted octanol–water partition coefficient (Wildman–Crippen LogP) is 0.266. The quantitative estimate of drug-likeness (QED) is 0.353. The standard InChI is InChI=1S/C8H12N2O2/c1-12-6(11)8-2-7(3-8,4-8)5(9)10/h2-4H2,1H3,(H3,9,10). The maximum Gasteiger partial charge on any atom is 0.311 e. The monoisotopic (exact) mass is 168 g/mol. The lowest BCUT2D eigenvalue weighted by atomic mass is 9.35. The highest BCUT2D eigenvalue weighted by molar-refractivity contribution is 5.94. The van der Waals surface area contributed by atoms with Crippen LogP contribution in [0.4, 0.5) is 0 Å². The summed E-state index contributed by atoms with van der Waals surface area (Å²) in [6.07, 6.45) is 2.17. The van der Waals surface area contributed by atoms with Crippen molar-refractivity contribution in [2.45, 2.75) is 19.3 Å². The fourth-order valence-electron chi connectivity index (χ4n) is 2.51. The van der Waals surface area contributed by atoms with Crippen molar-refractivity contribution >= 4 is 11.8 Å². The lowest BCUT2D eigenvalue weighted by Gasteiger charge is -2.67. The maximum atomic E-state index is 11.2. The number of hydrogen-bond acceptors (Lipinski definition) is 3. The lowest BCUT2D eigenvalue weighted by Crippen LogP contribution is -2.70. The lowest BCUT2D eigenvalue weighted by molar-refractivity contribution is -0.203. The van der Waals surface area contributed by atoms with Crippen LogP contribution in [0.1, 0.15) is 19.3 Å². The van der Waals surface area contributed by atoms with Gasteiger partial charge in [0.05, 0.1) is 18.4 Å². The minimum absolute atomic E-state index is 0.131. The number of nitrogens with two attached hydrogens (primary N) is 1. The first-order chi connectivity index (χ1) is 5.55. The minimum atomic E-state index is -0.263. The molecule has 3 rings (SSSR count). The van der Waals surface area contributed by atoms with Crippen LogP contribution in [0.3, 0.4) is 0 Å². The Labute approximate surface area is 70.6 Å². The van der Waals surface area contributed by atoms with E-state index in [1.807, 2.05) is 0 Å². The van der Waals surface area contributed by atoms with Gasteiger partial charge < -0.3 is 10.5 Å². The smallest absolute Gasteiger partial charge is 0.311 e. The number of ether oxygens (including phenoxy) is 1. The molecular weight excluding hydrogens is 156 g/mol. The second-order valence-electron chi connectivity index (χ2n) is 4.00. The summed E-state index contributed by atoms with van der Waals surface area (Å²) in [6, 6.07) is 0. The molecular formula is C8H12N2O2. The van der Waals surface area contributed by atoms with Crippen molar-refractivity contribution < 1.29 is 9.53 Å². The van der Waals surface area contributed by atoms with Crippen molar-refractivity contribution in [3.63, 3.8) is 0 Å². The van der Waals surface area contributed by atoms with Gasteiger partial charge in [-0.25, -0.2) is 0 Å². The summed E-state index contributed by atoms with van der Waals surface area (Å²) in [4.78, 5) is 11.2. The number of nitrogens with one attached hydrogen (secondary N) is 1. The van der Waals surface area contributed by atoms with E-state index in [2.05, 4.69) is 4.74 Å². The first-order valence-corrected chi connectivity index (χ1v) is 3.98. The van der Waals surface area contributed by atoms with Gasteiger partial charge in [0.25, 0.3) is 0 Å². The van der Waals surface area contributed by atoms with Gasteiger partial charge in [0, 0.05) is 5.41 Å². The average Bonchev–Trinajstić information content (AvgIpc) is 1.80. The predicted molar refractivity (Wildman–Crippen MR) is 42.6 cm³/mol. The molecule has 66 valence electrons. The topological polar surface area (TPSA) is 76.2 Å². The molecule has 0 aromatic heterocycles. The van der Waals surface area contributed by atoms with E-state index in [-0.39, 0.29) is 22.6 Å². The molecule has 0 heterocycles. The van der Waals surface area contributed by atoms with Gasteiger partial charge in [0.1, 0.15) is 0 Å². The molecule has 12 heavy (non-hydrogen) atoms. The van der Waals surface area contributed by atoms with Gasteiger partial charge in [-0.1, -0.05) is 0 Å². The molecule has 3 N–H and O–H groups in total. The zero-order valence-corrected chi connectivity index (χ0v) is 7.02. The van der Waals surface area contributed by atoms with E-state index in [0.29, 0.717) is 0 Å². The number of hydrogen-bond donors (Lipinski definition) is 2. The Bertz CT molecular complexity index is 252. The summed E-state index contributed by atoms with van der Waals surface area (Å²) >= 11 is 0. The fraction of sp³-hybridized carbons (Fsp3) is 0.750. The molecule has 3 aliphatic rings. The molecule has 3 saturated carbocycles. The minimum Gasteiger partial charge on any atom is -0.469 e. The zero-order valence-electron chi connectivity index (χ0n) is 7.02. The van der Waals surface area contributed by atoms with Gasteiger partial charge >= 0.3 is 5.97 Å². The Morgan fingerprint density at radius 2 is 1.92 bits per heavy atom. The number of methoxy groups -OCH3 is 1. The molecule has 0 aliphatic heterocycles. The fourth-order valence-corrected chi connectivity index (χ4v) is 2.51. The third kappa shape index (κ3) is 0.589. The normalized spacial score (nSPS) is 42.4. The number of carbonyl (C=O) groups excluding carboxylic acids is 1. The molecule has 0 atom stereocenters. The van der Waals surface area contributed by atoms with Crippen molar-refractivity contribution in [1.29, 1.82) is 5.41 Å². The number of amidine groups is 1. The second-order valence-corrected chi connectivity index (χ2v) is 4.00. The average molecular weight is 168 g/mol. The summed E-state index contributed by atoms with van der Waals surface area (Å²) in [7, 11) is 1.41. The molecule has 0 saturated heterocycles. The Morgan fingerprint density at radius 3 is 2.25 bits per heavy atom. The third-order valence-electron chi connectivity index (χ3n) is 3.22. The Morgan fingerprint density at radius 1 is 1.42 bits per heavy atom. The SMILES string of the molecule is COC(=O)C12CC(C(=N)N)(C1)C2. The number of esters is 1. The van der Waals surface area contributed by atoms with Crippen LogP contribution in [0.25, 0.3) is 0 Å². The maximum absolute atomic E-state index is 11.2. The molecule has 3 fully saturated rings. The van der Waals surface area contributed by atoms with E-state index in [1.165, 1.54) is 7.11 Å². The van der Waals surface area contributed by atoms with Gasteiger partial charge in [-0.3, -0.25) is 10.2 Å². The molecule has 0 unspecified atom stereocenters. The van der Waals surface area contributed by atoms with Crippen molar-refractivity contribution in [2.24, 2.45) is 16.6 Å². The number of carbonyl (C=O) groups is 1. The molecule has 0 radical (unpaired) electrons. The Kier molecular flexibility index (Phi) is 1.14. The van der Waals surface area contributed by atoms with Crippen LogP contribution in [0.5, 0.6) is 0 Å². The Hall–Kier alpha value is -1.06. The summed E-state index contributed by atoms with van der Waals surface area (Å²) in [5.74, 6) is 0.0962. The molecule has 3 aliphatic carbocycles. The largest absolute Gasteiger partial charge is 0.469 e. The second kappa shape index (κ2) is 1.81. The van der Waals surface area contributed by atoms with Crippen LogP contribution < -0.4 is 5.73 Å². The van der Waals surface area contributed by atoms with Crippen LogP contribution in [-0.4, -0.2) is 18.9 Å². The van der Waals surface area contributed by atoms with Crippen LogP contribution in [-0.2, 0) is 9.53 Å². The van der Waals surface area contributed by atoms with E-state index in [1.54, 1.807) is 0 Å². The van der Waals surface area contributed by atoms with E-state index in [9.17, 15) is 4.79 Å². The third-order valence-corrected chi connectivity index (χ3v) is 3.22. The zero-order chi connectivity index (χ0) is 8.98. The van der Waals surface area contributed by atoms with Crippen LogP contribution in [0, 0.1) is 16.2 Å². The summed E-state index contributed by atoms with van der Waals surface area (Å²) in [5.41, 5.74) is 5.01. The molecule has 0 aromatic carbocycles. The van der Waals surface area contributed by atoms with Crippen molar-refractivity contribution in [2.75, 3.05) is 7.11 Å². The highest BCUT2D eigenvalue weighted by Crippen LogP contribution is 2.73. The van der Waals surface area contributed by atoms with Gasteiger partial charge in [0.15, 0.2) is 0 Å². The summed E-state index contributed by atoms with van der Waals surface area (Å²) in [6.45, 7) is 0. The van der Waals surface area contributed by atoms with E-state index < -0.39 is 0 Å². The van der Waals surface area contributed by atoms with Gasteiger partial charge in [0.2, 0.25) is 0 Å². The van der Waals surface area contributed by atoms with Crippen LogP contribution in [0.2, 0.25) is 0 Å². The first kappa shape index (κ1) is 7.58. The molecule has 0 spiro atoms. The van der Waals surface area contributed by atoms with E-state index in [0.717, 1.165) is 19.3 Å². The molecule has 2 bridgehead atoms. The molecule has 0 aromatic rings. The van der Waals surface area contributed by atoms with Crippen molar-refractivity contribution in [1.82, 2.24) is 0 Å². The van der Waals surface area contributed by atoms with Gasteiger partial charge in [-0.15, -0.1) is 0 Å². The number of rotatable bonds is 2. The summed E-state index contributed by atoms with van der Waals surface area (Å²) < 4.78 is 4.67. The molecule has 4 heteroatoms.